The number of ether oxygens (including phenoxy) is 2. The zero-order valence-electron chi connectivity index (χ0n) is 10.5. The van der Waals surface area contributed by atoms with E-state index in [9.17, 15) is 0 Å². The lowest BCUT2D eigenvalue weighted by atomic mass is 10.1. The Morgan fingerprint density at radius 1 is 1.31 bits per heavy atom. The molecule has 0 spiro atoms. The van der Waals surface area contributed by atoms with E-state index in [2.05, 4.69) is 31.3 Å². The molecule has 0 aromatic heterocycles. The number of nitrogens with one attached hydrogen (secondary N) is 1. The summed E-state index contributed by atoms with van der Waals surface area (Å²) in [7, 11) is 3.41. The summed E-state index contributed by atoms with van der Waals surface area (Å²) in [5.74, 6) is 0.909. The lowest BCUT2D eigenvalue weighted by Crippen LogP contribution is -2.29. The van der Waals surface area contributed by atoms with Gasteiger partial charge in [-0.15, -0.1) is 0 Å². The van der Waals surface area contributed by atoms with Crippen molar-refractivity contribution in [3.8, 4) is 5.75 Å². The van der Waals surface area contributed by atoms with Gasteiger partial charge in [-0.2, -0.15) is 0 Å². The van der Waals surface area contributed by atoms with Gasteiger partial charge in [0, 0.05) is 19.7 Å². The Kier molecular flexibility index (Phi) is 5.29. The zero-order valence-corrected chi connectivity index (χ0v) is 10.5. The Hall–Kier alpha value is -1.06. The van der Waals surface area contributed by atoms with Crippen LogP contribution in [0.25, 0.3) is 0 Å². The average Bonchev–Trinajstić information content (AvgIpc) is 2.27. The van der Waals surface area contributed by atoms with E-state index in [1.165, 1.54) is 11.1 Å². The minimum atomic E-state index is 0.367. The molecule has 0 amide bonds. The lowest BCUT2D eigenvalue weighted by molar-refractivity contribution is 0.171. The second kappa shape index (κ2) is 6.51. The van der Waals surface area contributed by atoms with Gasteiger partial charge in [-0.3, -0.25) is 0 Å². The number of rotatable bonds is 6. The van der Waals surface area contributed by atoms with Crippen LogP contribution < -0.4 is 10.1 Å². The van der Waals surface area contributed by atoms with Gasteiger partial charge < -0.3 is 14.8 Å². The molecule has 1 rings (SSSR count). The van der Waals surface area contributed by atoms with Crippen LogP contribution in [0.1, 0.15) is 18.1 Å². The van der Waals surface area contributed by atoms with Crippen LogP contribution >= 0.6 is 0 Å². The average molecular weight is 223 g/mol. The van der Waals surface area contributed by atoms with Crippen LogP contribution in [0.4, 0.5) is 0 Å². The predicted molar refractivity (Wildman–Crippen MR) is 65.9 cm³/mol. The van der Waals surface area contributed by atoms with E-state index >= 15 is 0 Å². The van der Waals surface area contributed by atoms with Gasteiger partial charge in [0.2, 0.25) is 0 Å². The maximum atomic E-state index is 5.17. The first-order valence-corrected chi connectivity index (χ1v) is 5.53. The first kappa shape index (κ1) is 13.0. The van der Waals surface area contributed by atoms with E-state index in [1.54, 1.807) is 14.2 Å². The first-order chi connectivity index (χ1) is 7.67. The number of hydrogen-bond donors (Lipinski definition) is 1. The standard InChI is InChI=1S/C13H21NO2/c1-10-7-13(16-4)6-5-12(10)8-14-11(2)9-15-3/h5-7,11,14H,8-9H2,1-4H3. The van der Waals surface area contributed by atoms with E-state index in [-0.39, 0.29) is 0 Å². The fraction of sp³-hybridized carbons (Fsp3) is 0.538. The molecule has 1 unspecified atom stereocenters. The Morgan fingerprint density at radius 3 is 2.62 bits per heavy atom. The molecular weight excluding hydrogens is 202 g/mol. The number of methoxy groups -OCH3 is 2. The molecule has 1 aromatic carbocycles. The van der Waals surface area contributed by atoms with Crippen molar-refractivity contribution in [3.05, 3.63) is 29.3 Å². The van der Waals surface area contributed by atoms with Crippen molar-refractivity contribution in [1.29, 1.82) is 0 Å². The van der Waals surface area contributed by atoms with Gasteiger partial charge in [-0.1, -0.05) is 6.07 Å². The highest BCUT2D eigenvalue weighted by atomic mass is 16.5. The second-order valence-corrected chi connectivity index (χ2v) is 4.03. The smallest absolute Gasteiger partial charge is 0.119 e. The SMILES string of the molecule is COCC(C)NCc1ccc(OC)cc1C. The molecule has 0 aliphatic rings. The van der Waals surface area contributed by atoms with Gasteiger partial charge in [0.1, 0.15) is 5.75 Å². The zero-order chi connectivity index (χ0) is 12.0. The highest BCUT2D eigenvalue weighted by Gasteiger charge is 2.03. The lowest BCUT2D eigenvalue weighted by Gasteiger charge is -2.14. The van der Waals surface area contributed by atoms with Gasteiger partial charge in [-0.25, -0.2) is 0 Å². The minimum absolute atomic E-state index is 0.367. The third-order valence-electron chi connectivity index (χ3n) is 2.61. The third kappa shape index (κ3) is 3.83. The number of aryl methyl sites for hydroxylation is 1. The van der Waals surface area contributed by atoms with Crippen LogP contribution in [-0.4, -0.2) is 26.9 Å². The molecule has 0 fully saturated rings. The Morgan fingerprint density at radius 2 is 2.06 bits per heavy atom. The molecule has 0 aliphatic heterocycles. The van der Waals surface area contributed by atoms with Crippen molar-refractivity contribution in [2.45, 2.75) is 26.4 Å². The fourth-order valence-electron chi connectivity index (χ4n) is 1.59. The topological polar surface area (TPSA) is 30.5 Å². The van der Waals surface area contributed by atoms with Crippen LogP contribution in [-0.2, 0) is 11.3 Å². The molecule has 1 atom stereocenters. The largest absolute Gasteiger partial charge is 0.497 e. The normalized spacial score (nSPS) is 12.5. The summed E-state index contributed by atoms with van der Waals surface area (Å²) < 4.78 is 10.3. The van der Waals surface area contributed by atoms with Crippen LogP contribution in [0.5, 0.6) is 5.75 Å². The van der Waals surface area contributed by atoms with E-state index in [4.69, 9.17) is 9.47 Å². The van der Waals surface area contributed by atoms with E-state index in [1.807, 2.05) is 6.07 Å². The van der Waals surface area contributed by atoms with E-state index in [0.717, 1.165) is 18.9 Å². The summed E-state index contributed by atoms with van der Waals surface area (Å²) in [5.41, 5.74) is 2.54. The second-order valence-electron chi connectivity index (χ2n) is 4.03. The van der Waals surface area contributed by atoms with Crippen LogP contribution in [0.2, 0.25) is 0 Å². The van der Waals surface area contributed by atoms with Gasteiger partial charge in [0.25, 0.3) is 0 Å². The van der Waals surface area contributed by atoms with Crippen molar-refractivity contribution >= 4 is 0 Å². The summed E-state index contributed by atoms with van der Waals surface area (Å²) >= 11 is 0. The molecule has 3 heteroatoms. The molecule has 0 bridgehead atoms. The molecule has 0 radical (unpaired) electrons. The number of benzene rings is 1. The fourth-order valence-corrected chi connectivity index (χ4v) is 1.59. The monoisotopic (exact) mass is 223 g/mol. The van der Waals surface area contributed by atoms with Crippen LogP contribution in [0, 0.1) is 6.92 Å². The number of hydrogen-bond acceptors (Lipinski definition) is 3. The summed E-state index contributed by atoms with van der Waals surface area (Å²) in [4.78, 5) is 0. The van der Waals surface area contributed by atoms with E-state index < -0.39 is 0 Å². The molecular formula is C13H21NO2. The molecule has 0 saturated heterocycles. The summed E-state index contributed by atoms with van der Waals surface area (Å²) in [6.45, 7) is 5.80. The first-order valence-electron chi connectivity index (χ1n) is 5.53. The quantitative estimate of drug-likeness (QED) is 0.801. The maximum absolute atomic E-state index is 5.17. The van der Waals surface area contributed by atoms with Crippen molar-refractivity contribution in [2.24, 2.45) is 0 Å². The molecule has 3 nitrogen and oxygen atoms in total. The van der Waals surface area contributed by atoms with Gasteiger partial charge in [-0.05, 0) is 37.1 Å². The summed E-state index contributed by atoms with van der Waals surface area (Å²) in [6.07, 6.45) is 0. The predicted octanol–water partition coefficient (Wildman–Crippen LogP) is 2.13. The molecule has 1 N–H and O–H groups in total. The molecule has 90 valence electrons. The molecule has 1 aromatic rings. The Bertz CT molecular complexity index is 326. The molecule has 0 heterocycles. The maximum Gasteiger partial charge on any atom is 0.119 e. The van der Waals surface area contributed by atoms with Crippen molar-refractivity contribution in [1.82, 2.24) is 5.32 Å². The van der Waals surface area contributed by atoms with Crippen LogP contribution in [0.3, 0.4) is 0 Å². The minimum Gasteiger partial charge on any atom is -0.497 e. The summed E-state index contributed by atoms with van der Waals surface area (Å²) in [6, 6.07) is 6.51. The van der Waals surface area contributed by atoms with Gasteiger partial charge in [0.05, 0.1) is 13.7 Å². The van der Waals surface area contributed by atoms with Gasteiger partial charge in [0.15, 0.2) is 0 Å². The van der Waals surface area contributed by atoms with Crippen molar-refractivity contribution in [3.63, 3.8) is 0 Å². The highest BCUT2D eigenvalue weighted by Crippen LogP contribution is 2.16. The third-order valence-corrected chi connectivity index (χ3v) is 2.61. The van der Waals surface area contributed by atoms with E-state index in [0.29, 0.717) is 6.04 Å². The van der Waals surface area contributed by atoms with Crippen LogP contribution in [0.15, 0.2) is 18.2 Å². The summed E-state index contributed by atoms with van der Waals surface area (Å²) in [5, 5.41) is 3.41. The van der Waals surface area contributed by atoms with Crippen molar-refractivity contribution < 1.29 is 9.47 Å². The van der Waals surface area contributed by atoms with Gasteiger partial charge >= 0.3 is 0 Å². The molecule has 0 aliphatic carbocycles. The molecule has 0 saturated carbocycles. The highest BCUT2D eigenvalue weighted by molar-refractivity contribution is 5.34. The Balaban J connectivity index is 2.54. The molecule has 16 heavy (non-hydrogen) atoms. The van der Waals surface area contributed by atoms with Crippen molar-refractivity contribution in [2.75, 3.05) is 20.8 Å². The Labute approximate surface area is 97.8 Å².